The average molecular weight is 149 g/mol. The Balaban J connectivity index is 2.50. The van der Waals surface area contributed by atoms with Gasteiger partial charge in [0.1, 0.15) is 0 Å². The standard InChI is InChI=1S/C10H15N/c1-8(2)6-10-5-4-9(3)11-7-10/h4-5,7-8,11H,3,6H2,1-2H3. The third-order valence-corrected chi connectivity index (χ3v) is 1.59. The average Bonchev–Trinajstić information content (AvgIpc) is 1.93. The van der Waals surface area contributed by atoms with Gasteiger partial charge < -0.3 is 5.32 Å². The maximum absolute atomic E-state index is 3.79. The Bertz CT molecular complexity index is 209. The first-order valence-corrected chi connectivity index (χ1v) is 4.01. The van der Waals surface area contributed by atoms with Crippen molar-refractivity contribution < 1.29 is 0 Å². The van der Waals surface area contributed by atoms with Crippen molar-refractivity contribution in [1.29, 1.82) is 0 Å². The highest BCUT2D eigenvalue weighted by Crippen LogP contribution is 2.14. The van der Waals surface area contributed by atoms with Crippen LogP contribution in [0.3, 0.4) is 0 Å². The lowest BCUT2D eigenvalue weighted by molar-refractivity contribution is 0.646. The topological polar surface area (TPSA) is 12.0 Å². The van der Waals surface area contributed by atoms with E-state index in [1.165, 1.54) is 5.57 Å². The molecule has 0 atom stereocenters. The number of allylic oxidation sites excluding steroid dienone is 3. The Morgan fingerprint density at radius 1 is 1.45 bits per heavy atom. The Hall–Kier alpha value is -0.980. The first-order chi connectivity index (χ1) is 5.18. The Morgan fingerprint density at radius 3 is 2.64 bits per heavy atom. The molecule has 0 unspecified atom stereocenters. The predicted molar refractivity (Wildman–Crippen MR) is 49.0 cm³/mol. The predicted octanol–water partition coefficient (Wildman–Crippen LogP) is 2.59. The molecule has 1 heterocycles. The van der Waals surface area contributed by atoms with Crippen LogP contribution in [0.15, 0.2) is 36.2 Å². The van der Waals surface area contributed by atoms with E-state index >= 15 is 0 Å². The van der Waals surface area contributed by atoms with E-state index < -0.39 is 0 Å². The van der Waals surface area contributed by atoms with Gasteiger partial charge in [-0.15, -0.1) is 0 Å². The van der Waals surface area contributed by atoms with Crippen molar-refractivity contribution in [3.63, 3.8) is 0 Å². The van der Waals surface area contributed by atoms with Crippen LogP contribution in [0, 0.1) is 5.92 Å². The van der Waals surface area contributed by atoms with Crippen LogP contribution in [0.4, 0.5) is 0 Å². The zero-order valence-electron chi connectivity index (χ0n) is 7.22. The Morgan fingerprint density at radius 2 is 2.18 bits per heavy atom. The Labute approximate surface area is 68.5 Å². The van der Waals surface area contributed by atoms with Gasteiger partial charge in [0.15, 0.2) is 0 Å². The van der Waals surface area contributed by atoms with Crippen molar-refractivity contribution >= 4 is 0 Å². The van der Waals surface area contributed by atoms with Gasteiger partial charge in [-0.2, -0.15) is 0 Å². The molecule has 1 heteroatoms. The van der Waals surface area contributed by atoms with Gasteiger partial charge in [0.05, 0.1) is 0 Å². The van der Waals surface area contributed by atoms with Crippen LogP contribution >= 0.6 is 0 Å². The fraction of sp³-hybridized carbons (Fsp3) is 0.400. The largest absolute Gasteiger partial charge is 0.362 e. The number of rotatable bonds is 2. The first-order valence-electron chi connectivity index (χ1n) is 4.01. The van der Waals surface area contributed by atoms with Crippen molar-refractivity contribution in [3.05, 3.63) is 36.2 Å². The molecule has 0 aromatic carbocycles. The molecular formula is C10H15N. The summed E-state index contributed by atoms with van der Waals surface area (Å²) in [6, 6.07) is 0. The summed E-state index contributed by atoms with van der Waals surface area (Å²) in [4.78, 5) is 0. The molecule has 0 saturated carbocycles. The highest BCUT2D eigenvalue weighted by molar-refractivity contribution is 5.31. The van der Waals surface area contributed by atoms with Crippen molar-refractivity contribution in [2.75, 3.05) is 0 Å². The van der Waals surface area contributed by atoms with Crippen molar-refractivity contribution in [2.45, 2.75) is 20.3 Å². The summed E-state index contributed by atoms with van der Waals surface area (Å²) in [5.74, 6) is 0.721. The molecule has 1 aliphatic rings. The minimum Gasteiger partial charge on any atom is -0.362 e. The zero-order valence-corrected chi connectivity index (χ0v) is 7.22. The molecule has 0 aromatic rings. The van der Waals surface area contributed by atoms with Gasteiger partial charge in [-0.3, -0.25) is 0 Å². The minimum absolute atomic E-state index is 0.721. The van der Waals surface area contributed by atoms with E-state index in [0.717, 1.165) is 18.0 Å². The highest BCUT2D eigenvalue weighted by atomic mass is 14.8. The molecule has 0 bridgehead atoms. The van der Waals surface area contributed by atoms with Crippen LogP contribution in [0.25, 0.3) is 0 Å². The molecule has 0 aliphatic carbocycles. The summed E-state index contributed by atoms with van der Waals surface area (Å²) >= 11 is 0. The lowest BCUT2D eigenvalue weighted by Crippen LogP contribution is -2.07. The van der Waals surface area contributed by atoms with Crippen LogP contribution in [0.1, 0.15) is 20.3 Å². The van der Waals surface area contributed by atoms with Gasteiger partial charge in [-0.1, -0.05) is 26.5 Å². The molecule has 0 spiro atoms. The summed E-state index contributed by atoms with van der Waals surface area (Å²) in [6.45, 7) is 8.23. The molecule has 0 fully saturated rings. The second kappa shape index (κ2) is 3.42. The van der Waals surface area contributed by atoms with Gasteiger partial charge in [0.2, 0.25) is 0 Å². The molecule has 0 saturated heterocycles. The van der Waals surface area contributed by atoms with E-state index in [2.05, 4.69) is 31.8 Å². The van der Waals surface area contributed by atoms with E-state index in [-0.39, 0.29) is 0 Å². The fourth-order valence-corrected chi connectivity index (χ4v) is 1.09. The van der Waals surface area contributed by atoms with Gasteiger partial charge >= 0.3 is 0 Å². The number of dihydropyridines is 1. The molecule has 1 nitrogen and oxygen atoms in total. The molecule has 60 valence electrons. The smallest absolute Gasteiger partial charge is 0.0306 e. The van der Waals surface area contributed by atoms with Crippen LogP contribution in [0.5, 0.6) is 0 Å². The van der Waals surface area contributed by atoms with Crippen molar-refractivity contribution in [3.8, 4) is 0 Å². The van der Waals surface area contributed by atoms with Crippen LogP contribution < -0.4 is 5.32 Å². The number of nitrogens with one attached hydrogen (secondary N) is 1. The third kappa shape index (κ3) is 2.62. The fourth-order valence-electron chi connectivity index (χ4n) is 1.09. The van der Waals surface area contributed by atoms with E-state index in [4.69, 9.17) is 0 Å². The highest BCUT2D eigenvalue weighted by Gasteiger charge is 2.00. The normalized spacial score (nSPS) is 16.6. The monoisotopic (exact) mass is 149 g/mol. The van der Waals surface area contributed by atoms with Crippen LogP contribution in [-0.2, 0) is 0 Å². The molecule has 0 amide bonds. The van der Waals surface area contributed by atoms with E-state index in [9.17, 15) is 0 Å². The third-order valence-electron chi connectivity index (χ3n) is 1.59. The lowest BCUT2D eigenvalue weighted by Gasteiger charge is -2.11. The van der Waals surface area contributed by atoms with E-state index in [0.29, 0.717) is 0 Å². The summed E-state index contributed by atoms with van der Waals surface area (Å²) < 4.78 is 0. The lowest BCUT2D eigenvalue weighted by atomic mass is 10.0. The summed E-state index contributed by atoms with van der Waals surface area (Å²) in [6.07, 6.45) is 7.30. The maximum atomic E-state index is 3.79. The van der Waals surface area contributed by atoms with Gasteiger partial charge in [-0.05, 0) is 24.0 Å². The van der Waals surface area contributed by atoms with E-state index in [1.54, 1.807) is 0 Å². The molecular weight excluding hydrogens is 134 g/mol. The van der Waals surface area contributed by atoms with Gasteiger partial charge in [0.25, 0.3) is 0 Å². The first kappa shape index (κ1) is 8.12. The van der Waals surface area contributed by atoms with Crippen molar-refractivity contribution in [1.82, 2.24) is 5.32 Å². The molecule has 11 heavy (non-hydrogen) atoms. The number of hydrogen-bond acceptors (Lipinski definition) is 1. The molecule has 1 rings (SSSR count). The zero-order chi connectivity index (χ0) is 8.27. The van der Waals surface area contributed by atoms with Crippen molar-refractivity contribution in [2.24, 2.45) is 5.92 Å². The van der Waals surface area contributed by atoms with Gasteiger partial charge in [-0.25, -0.2) is 0 Å². The second-order valence-corrected chi connectivity index (χ2v) is 3.32. The summed E-state index contributed by atoms with van der Waals surface area (Å²) in [7, 11) is 0. The Kier molecular flexibility index (Phi) is 2.53. The minimum atomic E-state index is 0.721. The number of hydrogen-bond donors (Lipinski definition) is 1. The van der Waals surface area contributed by atoms with E-state index in [1.807, 2.05) is 12.3 Å². The molecule has 1 N–H and O–H groups in total. The summed E-state index contributed by atoms with van der Waals surface area (Å²) in [5.41, 5.74) is 2.32. The van der Waals surface area contributed by atoms with Gasteiger partial charge in [0, 0.05) is 11.9 Å². The summed E-state index contributed by atoms with van der Waals surface area (Å²) in [5, 5.41) is 3.09. The molecule has 0 radical (unpaired) electrons. The SMILES string of the molecule is C=C1C=CC(CC(C)C)=CN1. The van der Waals surface area contributed by atoms with Crippen LogP contribution in [-0.4, -0.2) is 0 Å². The van der Waals surface area contributed by atoms with Crippen LogP contribution in [0.2, 0.25) is 0 Å². The maximum Gasteiger partial charge on any atom is 0.0306 e. The quantitative estimate of drug-likeness (QED) is 0.636. The second-order valence-electron chi connectivity index (χ2n) is 3.32. The molecule has 1 aliphatic heterocycles. The molecule has 0 aromatic heterocycles.